The minimum Gasteiger partial charge on any atom is -0.468 e. The van der Waals surface area contributed by atoms with Crippen molar-refractivity contribution in [1.82, 2.24) is 0 Å². The summed E-state index contributed by atoms with van der Waals surface area (Å²) in [5, 5.41) is 2.79. The smallest absolute Gasteiger partial charge is 0.244 e. The predicted octanol–water partition coefficient (Wildman–Crippen LogP) is 4.80. The SMILES string of the molecule is Cc1ccccc1NC(=O)CN1C(=O)CC(c2ccco2)Sc2ccccc21. The highest BCUT2D eigenvalue weighted by atomic mass is 32.2. The first-order chi connectivity index (χ1) is 13.6. The molecule has 3 aromatic rings. The van der Waals surface area contributed by atoms with Crippen LogP contribution in [0.4, 0.5) is 11.4 Å². The quantitative estimate of drug-likeness (QED) is 0.693. The number of benzene rings is 2. The van der Waals surface area contributed by atoms with Gasteiger partial charge in [-0.2, -0.15) is 0 Å². The Bertz CT molecular complexity index is 1000. The first kappa shape index (κ1) is 18.4. The van der Waals surface area contributed by atoms with E-state index in [4.69, 9.17) is 4.42 Å². The third-order valence-electron chi connectivity index (χ3n) is 4.67. The van der Waals surface area contributed by atoms with E-state index in [0.29, 0.717) is 0 Å². The minimum absolute atomic E-state index is 0.0321. The molecular weight excluding hydrogens is 372 g/mol. The molecule has 2 heterocycles. The Morgan fingerprint density at radius 2 is 1.93 bits per heavy atom. The van der Waals surface area contributed by atoms with E-state index in [2.05, 4.69) is 5.32 Å². The fourth-order valence-electron chi connectivity index (χ4n) is 3.23. The zero-order valence-corrected chi connectivity index (χ0v) is 16.2. The number of para-hydroxylation sites is 2. The standard InChI is InChI=1S/C22H20N2O3S/c1-15-7-2-3-8-16(15)23-21(25)14-24-17-9-4-5-11-19(17)28-20(13-22(24)26)18-10-6-12-27-18/h2-12,20H,13-14H2,1H3,(H,23,25). The molecule has 6 heteroatoms. The molecule has 4 rings (SSSR count). The Morgan fingerprint density at radius 1 is 1.14 bits per heavy atom. The monoisotopic (exact) mass is 392 g/mol. The second-order valence-corrected chi connectivity index (χ2v) is 7.88. The van der Waals surface area contributed by atoms with Gasteiger partial charge in [-0.1, -0.05) is 30.3 Å². The van der Waals surface area contributed by atoms with Crippen LogP contribution >= 0.6 is 11.8 Å². The molecule has 0 bridgehead atoms. The first-order valence-electron chi connectivity index (χ1n) is 9.07. The summed E-state index contributed by atoms with van der Waals surface area (Å²) >= 11 is 1.59. The van der Waals surface area contributed by atoms with Crippen molar-refractivity contribution in [3.63, 3.8) is 0 Å². The fourth-order valence-corrected chi connectivity index (χ4v) is 4.47. The number of hydrogen-bond acceptors (Lipinski definition) is 4. The summed E-state index contributed by atoms with van der Waals surface area (Å²) in [5.41, 5.74) is 2.49. The maximum Gasteiger partial charge on any atom is 0.244 e. The van der Waals surface area contributed by atoms with Gasteiger partial charge in [-0.15, -0.1) is 11.8 Å². The number of thioether (sulfide) groups is 1. The first-order valence-corrected chi connectivity index (χ1v) is 9.95. The van der Waals surface area contributed by atoms with E-state index >= 15 is 0 Å². The van der Waals surface area contributed by atoms with E-state index in [-0.39, 0.29) is 30.0 Å². The van der Waals surface area contributed by atoms with Crippen LogP contribution in [0.5, 0.6) is 0 Å². The molecule has 0 saturated heterocycles. The van der Waals surface area contributed by atoms with Crippen LogP contribution < -0.4 is 10.2 Å². The summed E-state index contributed by atoms with van der Waals surface area (Å²) in [6.07, 6.45) is 1.88. The highest BCUT2D eigenvalue weighted by Crippen LogP contribution is 2.45. The highest BCUT2D eigenvalue weighted by molar-refractivity contribution is 7.99. The van der Waals surface area contributed by atoms with Crippen LogP contribution in [0.15, 0.2) is 76.2 Å². The number of amides is 2. The van der Waals surface area contributed by atoms with Crippen molar-refractivity contribution in [2.24, 2.45) is 0 Å². The molecule has 1 aromatic heterocycles. The van der Waals surface area contributed by atoms with E-state index in [1.54, 1.807) is 22.9 Å². The molecule has 0 spiro atoms. The molecule has 2 aromatic carbocycles. The zero-order valence-electron chi connectivity index (χ0n) is 15.4. The van der Waals surface area contributed by atoms with Crippen LogP contribution in [0.25, 0.3) is 0 Å². The molecule has 0 saturated carbocycles. The number of hydrogen-bond donors (Lipinski definition) is 1. The lowest BCUT2D eigenvalue weighted by atomic mass is 10.2. The number of nitrogens with one attached hydrogen (secondary N) is 1. The van der Waals surface area contributed by atoms with Gasteiger partial charge in [-0.05, 0) is 42.8 Å². The van der Waals surface area contributed by atoms with Gasteiger partial charge in [0.1, 0.15) is 12.3 Å². The Labute approximate surface area is 167 Å². The molecule has 0 fully saturated rings. The number of carbonyl (C=O) groups excluding carboxylic acids is 2. The van der Waals surface area contributed by atoms with Crippen LogP contribution in [0.2, 0.25) is 0 Å². The van der Waals surface area contributed by atoms with E-state index in [0.717, 1.165) is 27.6 Å². The molecule has 142 valence electrons. The van der Waals surface area contributed by atoms with E-state index in [1.165, 1.54) is 0 Å². The van der Waals surface area contributed by atoms with Crippen molar-refractivity contribution in [2.45, 2.75) is 23.5 Å². The van der Waals surface area contributed by atoms with Gasteiger partial charge in [-0.3, -0.25) is 9.59 Å². The average Bonchev–Trinajstić information content (AvgIpc) is 3.18. The molecular formula is C22H20N2O3S. The van der Waals surface area contributed by atoms with Crippen LogP contribution in [0.1, 0.15) is 23.0 Å². The summed E-state index contributed by atoms with van der Waals surface area (Å²) in [4.78, 5) is 28.2. The number of furan rings is 1. The van der Waals surface area contributed by atoms with Gasteiger partial charge in [0.2, 0.25) is 11.8 Å². The lowest BCUT2D eigenvalue weighted by Crippen LogP contribution is -2.38. The van der Waals surface area contributed by atoms with Gasteiger partial charge in [-0.25, -0.2) is 0 Å². The molecule has 1 aliphatic heterocycles. The van der Waals surface area contributed by atoms with Gasteiger partial charge >= 0.3 is 0 Å². The van der Waals surface area contributed by atoms with E-state index in [1.807, 2.05) is 67.6 Å². The number of anilines is 2. The Kier molecular flexibility index (Phi) is 5.21. The summed E-state index contributed by atoms with van der Waals surface area (Å²) < 4.78 is 5.53. The van der Waals surface area contributed by atoms with Crippen LogP contribution in [-0.4, -0.2) is 18.4 Å². The summed E-state index contributed by atoms with van der Waals surface area (Å²) in [6.45, 7) is 1.90. The second-order valence-electron chi connectivity index (χ2n) is 6.64. The van der Waals surface area contributed by atoms with Gasteiger partial charge in [0.25, 0.3) is 0 Å². The molecule has 1 N–H and O–H groups in total. The fraction of sp³-hybridized carbons (Fsp3) is 0.182. The largest absolute Gasteiger partial charge is 0.468 e. The van der Waals surface area contributed by atoms with Crippen LogP contribution in [0.3, 0.4) is 0 Å². The molecule has 1 aliphatic rings. The predicted molar refractivity (Wildman–Crippen MR) is 111 cm³/mol. The van der Waals surface area contributed by atoms with Crippen LogP contribution in [0, 0.1) is 6.92 Å². The van der Waals surface area contributed by atoms with Gasteiger partial charge in [0.15, 0.2) is 0 Å². The lowest BCUT2D eigenvalue weighted by Gasteiger charge is -2.22. The second kappa shape index (κ2) is 7.94. The van der Waals surface area contributed by atoms with Gasteiger partial charge in [0.05, 0.1) is 17.2 Å². The highest BCUT2D eigenvalue weighted by Gasteiger charge is 2.31. The zero-order chi connectivity index (χ0) is 19.5. The van der Waals surface area contributed by atoms with Crippen molar-refractivity contribution in [1.29, 1.82) is 0 Å². The number of carbonyl (C=O) groups is 2. The number of nitrogens with zero attached hydrogens (tertiary/aromatic N) is 1. The van der Waals surface area contributed by atoms with Crippen LogP contribution in [-0.2, 0) is 9.59 Å². The Hall–Kier alpha value is -2.99. The summed E-state index contributed by atoms with van der Waals surface area (Å²) in [5.74, 6) is 0.442. The third kappa shape index (κ3) is 3.82. The molecule has 0 aliphatic carbocycles. The molecule has 2 amide bonds. The Morgan fingerprint density at radius 3 is 2.71 bits per heavy atom. The molecule has 1 unspecified atom stereocenters. The average molecular weight is 392 g/mol. The topological polar surface area (TPSA) is 62.6 Å². The molecule has 5 nitrogen and oxygen atoms in total. The van der Waals surface area contributed by atoms with E-state index < -0.39 is 0 Å². The van der Waals surface area contributed by atoms with Gasteiger partial charge in [0, 0.05) is 17.0 Å². The molecule has 1 atom stereocenters. The van der Waals surface area contributed by atoms with Crippen molar-refractivity contribution in [2.75, 3.05) is 16.8 Å². The van der Waals surface area contributed by atoms with E-state index in [9.17, 15) is 9.59 Å². The molecule has 0 radical (unpaired) electrons. The number of aryl methyl sites for hydroxylation is 1. The number of rotatable bonds is 4. The maximum absolute atomic E-state index is 13.0. The van der Waals surface area contributed by atoms with Crippen molar-refractivity contribution >= 4 is 35.0 Å². The summed E-state index contributed by atoms with van der Waals surface area (Å²) in [7, 11) is 0. The van der Waals surface area contributed by atoms with Gasteiger partial charge < -0.3 is 14.6 Å². The third-order valence-corrected chi connectivity index (χ3v) is 5.95. The normalized spacial score (nSPS) is 16.4. The lowest BCUT2D eigenvalue weighted by molar-refractivity contribution is -0.121. The number of fused-ring (bicyclic) bond motifs is 1. The minimum atomic E-state index is -0.223. The Balaban J connectivity index is 1.59. The van der Waals surface area contributed by atoms with Crippen molar-refractivity contribution in [3.05, 3.63) is 78.3 Å². The molecule has 28 heavy (non-hydrogen) atoms. The van der Waals surface area contributed by atoms with Crippen molar-refractivity contribution < 1.29 is 14.0 Å². The summed E-state index contributed by atoms with van der Waals surface area (Å²) in [6, 6.07) is 19.0. The maximum atomic E-state index is 13.0. The van der Waals surface area contributed by atoms with Crippen molar-refractivity contribution in [3.8, 4) is 0 Å².